The predicted molar refractivity (Wildman–Crippen MR) is 92.3 cm³/mol. The minimum absolute atomic E-state index is 0.136. The van der Waals surface area contributed by atoms with Crippen LogP contribution in [0.5, 0.6) is 11.8 Å². The molecule has 132 valence electrons. The van der Waals surface area contributed by atoms with Gasteiger partial charge in [0.1, 0.15) is 17.4 Å². The van der Waals surface area contributed by atoms with Crippen molar-refractivity contribution in [2.24, 2.45) is 0 Å². The van der Waals surface area contributed by atoms with E-state index in [9.17, 15) is 13.6 Å². The molecule has 1 heterocycles. The highest BCUT2D eigenvalue weighted by atomic mass is 19.1. The molecule has 0 fully saturated rings. The number of benzene rings is 2. The van der Waals surface area contributed by atoms with Crippen LogP contribution in [-0.2, 0) is 0 Å². The fourth-order valence-electron chi connectivity index (χ4n) is 2.36. The lowest BCUT2D eigenvalue weighted by Crippen LogP contribution is -2.17. The summed E-state index contributed by atoms with van der Waals surface area (Å²) in [6.07, 6.45) is 0. The van der Waals surface area contributed by atoms with Gasteiger partial charge >= 0.3 is 6.01 Å². The summed E-state index contributed by atoms with van der Waals surface area (Å²) in [5, 5.41) is 2.56. The first-order valence-corrected chi connectivity index (χ1v) is 7.78. The molecule has 0 saturated carbocycles. The molecule has 1 N–H and O–H groups in total. The Morgan fingerprint density at radius 2 is 1.65 bits per heavy atom. The van der Waals surface area contributed by atoms with Crippen LogP contribution in [0.3, 0.4) is 0 Å². The number of hydrogen-bond acceptors (Lipinski definition) is 4. The maximum Gasteiger partial charge on any atom is 0.322 e. The summed E-state index contributed by atoms with van der Waals surface area (Å²) >= 11 is 0. The molecular formula is C19H15F2N3O2. The highest BCUT2D eigenvalue weighted by Crippen LogP contribution is 2.24. The Morgan fingerprint density at radius 1 is 1.00 bits per heavy atom. The Kier molecular flexibility index (Phi) is 4.88. The van der Waals surface area contributed by atoms with Crippen LogP contribution >= 0.6 is 0 Å². The van der Waals surface area contributed by atoms with Gasteiger partial charge in [0.25, 0.3) is 5.91 Å². The van der Waals surface area contributed by atoms with Crippen LogP contribution in [0.4, 0.5) is 14.5 Å². The van der Waals surface area contributed by atoms with Gasteiger partial charge in [0.15, 0.2) is 0 Å². The van der Waals surface area contributed by atoms with Gasteiger partial charge in [-0.3, -0.25) is 4.79 Å². The van der Waals surface area contributed by atoms with E-state index in [2.05, 4.69) is 15.3 Å². The zero-order valence-corrected chi connectivity index (χ0v) is 14.1. The lowest BCUT2D eigenvalue weighted by molar-refractivity contribution is 0.102. The number of anilines is 1. The van der Waals surface area contributed by atoms with Crippen molar-refractivity contribution >= 4 is 11.6 Å². The third kappa shape index (κ3) is 3.83. The standard InChI is InChI=1S/C19H15F2N3O2/c1-11-17(24-18(25)15-9-8-13(20)10-16(15)21)12(2)23-19(22-11)26-14-6-4-3-5-7-14/h3-10H,1-2H3,(H,24,25). The Morgan fingerprint density at radius 3 is 2.27 bits per heavy atom. The number of nitrogens with zero attached hydrogens (tertiary/aromatic N) is 2. The van der Waals surface area contributed by atoms with E-state index in [4.69, 9.17) is 4.74 Å². The molecule has 3 aromatic rings. The van der Waals surface area contributed by atoms with Crippen molar-refractivity contribution in [2.75, 3.05) is 5.32 Å². The van der Waals surface area contributed by atoms with E-state index < -0.39 is 17.5 Å². The molecule has 0 aliphatic carbocycles. The van der Waals surface area contributed by atoms with Gasteiger partial charge in [-0.15, -0.1) is 0 Å². The first-order valence-electron chi connectivity index (χ1n) is 7.78. The van der Waals surface area contributed by atoms with E-state index in [0.29, 0.717) is 28.9 Å². The maximum absolute atomic E-state index is 13.8. The zero-order chi connectivity index (χ0) is 18.7. The van der Waals surface area contributed by atoms with Crippen molar-refractivity contribution in [1.82, 2.24) is 9.97 Å². The van der Waals surface area contributed by atoms with Crippen molar-refractivity contribution < 1.29 is 18.3 Å². The smallest absolute Gasteiger partial charge is 0.322 e. The van der Waals surface area contributed by atoms with Gasteiger partial charge in [0, 0.05) is 6.07 Å². The topological polar surface area (TPSA) is 64.1 Å². The summed E-state index contributed by atoms with van der Waals surface area (Å²) in [5.74, 6) is -1.83. The van der Waals surface area contributed by atoms with Crippen LogP contribution in [0.1, 0.15) is 21.7 Å². The summed E-state index contributed by atoms with van der Waals surface area (Å²) in [7, 11) is 0. The Hall–Kier alpha value is -3.35. The number of para-hydroxylation sites is 1. The van der Waals surface area contributed by atoms with E-state index >= 15 is 0 Å². The summed E-state index contributed by atoms with van der Waals surface area (Å²) in [5.41, 5.74) is 0.993. The van der Waals surface area contributed by atoms with Crippen LogP contribution in [0.25, 0.3) is 0 Å². The molecule has 2 aromatic carbocycles. The molecule has 0 aliphatic heterocycles. The molecule has 26 heavy (non-hydrogen) atoms. The molecule has 0 bridgehead atoms. The summed E-state index contributed by atoms with van der Waals surface area (Å²) < 4.78 is 32.3. The lowest BCUT2D eigenvalue weighted by atomic mass is 10.2. The number of halogens is 2. The van der Waals surface area contributed by atoms with E-state index in [1.807, 2.05) is 18.2 Å². The number of carbonyl (C=O) groups is 1. The number of aromatic nitrogens is 2. The second-order valence-electron chi connectivity index (χ2n) is 5.55. The molecule has 0 spiro atoms. The summed E-state index contributed by atoms with van der Waals surface area (Å²) in [6, 6.07) is 11.9. The second-order valence-corrected chi connectivity index (χ2v) is 5.55. The molecule has 1 amide bonds. The summed E-state index contributed by atoms with van der Waals surface area (Å²) in [4.78, 5) is 20.7. The van der Waals surface area contributed by atoms with Gasteiger partial charge < -0.3 is 10.1 Å². The van der Waals surface area contributed by atoms with Crippen molar-refractivity contribution in [1.29, 1.82) is 0 Å². The number of aryl methyl sites for hydroxylation is 2. The van der Waals surface area contributed by atoms with Crippen LogP contribution in [-0.4, -0.2) is 15.9 Å². The molecule has 7 heteroatoms. The molecular weight excluding hydrogens is 340 g/mol. The van der Waals surface area contributed by atoms with E-state index in [0.717, 1.165) is 12.1 Å². The number of rotatable bonds is 4. The monoisotopic (exact) mass is 355 g/mol. The molecule has 0 atom stereocenters. The Balaban J connectivity index is 1.83. The number of ether oxygens (including phenoxy) is 1. The number of hydrogen-bond donors (Lipinski definition) is 1. The van der Waals surface area contributed by atoms with Crippen LogP contribution in [0.2, 0.25) is 0 Å². The fraction of sp³-hybridized carbons (Fsp3) is 0.105. The van der Waals surface area contributed by atoms with Crippen LogP contribution in [0, 0.1) is 25.5 Å². The van der Waals surface area contributed by atoms with Gasteiger partial charge in [-0.2, -0.15) is 9.97 Å². The number of nitrogens with one attached hydrogen (secondary N) is 1. The molecule has 3 rings (SSSR count). The molecule has 0 aliphatic rings. The Bertz CT molecular complexity index is 939. The molecule has 5 nitrogen and oxygen atoms in total. The van der Waals surface area contributed by atoms with Crippen molar-refractivity contribution in [3.63, 3.8) is 0 Å². The molecule has 0 radical (unpaired) electrons. The number of amides is 1. The first kappa shape index (κ1) is 17.5. The normalized spacial score (nSPS) is 10.5. The van der Waals surface area contributed by atoms with Crippen LogP contribution < -0.4 is 10.1 Å². The van der Waals surface area contributed by atoms with E-state index in [-0.39, 0.29) is 11.6 Å². The van der Waals surface area contributed by atoms with Crippen LogP contribution in [0.15, 0.2) is 48.5 Å². The summed E-state index contributed by atoms with van der Waals surface area (Å²) in [6.45, 7) is 3.34. The predicted octanol–water partition coefficient (Wildman–Crippen LogP) is 4.42. The number of carbonyl (C=O) groups excluding carboxylic acids is 1. The van der Waals surface area contributed by atoms with Crippen molar-refractivity contribution in [3.8, 4) is 11.8 Å². The van der Waals surface area contributed by atoms with Gasteiger partial charge in [-0.25, -0.2) is 8.78 Å². The highest BCUT2D eigenvalue weighted by Gasteiger charge is 2.17. The fourth-order valence-corrected chi connectivity index (χ4v) is 2.36. The van der Waals surface area contributed by atoms with Gasteiger partial charge in [-0.1, -0.05) is 18.2 Å². The average molecular weight is 355 g/mol. The lowest BCUT2D eigenvalue weighted by Gasteiger charge is -2.12. The first-order chi connectivity index (χ1) is 12.4. The largest absolute Gasteiger partial charge is 0.424 e. The maximum atomic E-state index is 13.8. The highest BCUT2D eigenvalue weighted by molar-refractivity contribution is 6.05. The van der Waals surface area contributed by atoms with Crippen molar-refractivity contribution in [2.45, 2.75) is 13.8 Å². The van der Waals surface area contributed by atoms with Crippen molar-refractivity contribution in [3.05, 3.63) is 77.1 Å². The van der Waals surface area contributed by atoms with Gasteiger partial charge in [0.05, 0.1) is 22.6 Å². The quantitative estimate of drug-likeness (QED) is 0.753. The minimum Gasteiger partial charge on any atom is -0.424 e. The van der Waals surface area contributed by atoms with Gasteiger partial charge in [-0.05, 0) is 38.1 Å². The Labute approximate surface area is 148 Å². The minimum atomic E-state index is -0.942. The second kappa shape index (κ2) is 7.26. The average Bonchev–Trinajstić information content (AvgIpc) is 2.59. The van der Waals surface area contributed by atoms with Gasteiger partial charge in [0.2, 0.25) is 0 Å². The third-order valence-corrected chi connectivity index (χ3v) is 3.62. The molecule has 0 saturated heterocycles. The zero-order valence-electron chi connectivity index (χ0n) is 14.1. The molecule has 1 aromatic heterocycles. The molecule has 0 unspecified atom stereocenters. The van der Waals surface area contributed by atoms with E-state index in [1.165, 1.54) is 0 Å². The van der Waals surface area contributed by atoms with E-state index in [1.54, 1.807) is 26.0 Å². The SMILES string of the molecule is Cc1nc(Oc2ccccc2)nc(C)c1NC(=O)c1ccc(F)cc1F. The third-order valence-electron chi connectivity index (χ3n) is 3.62.